The van der Waals surface area contributed by atoms with Crippen LogP contribution in [0, 0.1) is 0 Å². The van der Waals surface area contributed by atoms with Gasteiger partial charge in [-0.25, -0.2) is 0 Å². The van der Waals surface area contributed by atoms with Crippen LogP contribution in [-0.4, -0.2) is 19.5 Å². The van der Waals surface area contributed by atoms with Gasteiger partial charge < -0.3 is 9.47 Å². The van der Waals surface area contributed by atoms with Crippen LogP contribution in [0.15, 0.2) is 36.4 Å². The Bertz CT molecular complexity index is 330. The van der Waals surface area contributed by atoms with Gasteiger partial charge >= 0.3 is 0 Å². The molecule has 1 aromatic carbocycles. The zero-order valence-electron chi connectivity index (χ0n) is 8.98. The summed E-state index contributed by atoms with van der Waals surface area (Å²) in [5.74, 6) is 0. The first-order valence-corrected chi connectivity index (χ1v) is 5.38. The maximum atomic E-state index is 5.47. The van der Waals surface area contributed by atoms with Crippen molar-refractivity contribution in [3.05, 3.63) is 42.0 Å². The predicted molar refractivity (Wildman–Crippen MR) is 60.4 cm³/mol. The minimum Gasteiger partial charge on any atom is -0.353 e. The van der Waals surface area contributed by atoms with Crippen LogP contribution in [0.1, 0.15) is 18.9 Å². The first kappa shape index (κ1) is 10.4. The highest BCUT2D eigenvalue weighted by Gasteiger charge is 2.16. The molecular formula is C13H16O2. The molecule has 0 radical (unpaired) electrons. The van der Waals surface area contributed by atoms with E-state index < -0.39 is 0 Å². The van der Waals surface area contributed by atoms with Gasteiger partial charge in [-0.2, -0.15) is 0 Å². The van der Waals surface area contributed by atoms with Crippen molar-refractivity contribution in [3.8, 4) is 0 Å². The van der Waals surface area contributed by atoms with Gasteiger partial charge in [0, 0.05) is 13.0 Å². The Hall–Kier alpha value is -1.12. The summed E-state index contributed by atoms with van der Waals surface area (Å²) in [7, 11) is 0. The number of ether oxygens (including phenoxy) is 2. The minimum absolute atomic E-state index is 0.0739. The molecule has 0 N–H and O–H groups in total. The molecule has 0 saturated heterocycles. The lowest BCUT2D eigenvalue weighted by Crippen LogP contribution is -2.21. The predicted octanol–water partition coefficient (Wildman–Crippen LogP) is 2.85. The van der Waals surface area contributed by atoms with Gasteiger partial charge in [0.15, 0.2) is 6.29 Å². The van der Waals surface area contributed by atoms with Gasteiger partial charge in [0.1, 0.15) is 0 Å². The van der Waals surface area contributed by atoms with Gasteiger partial charge in [-0.15, -0.1) is 0 Å². The Kier molecular flexibility index (Phi) is 3.54. The maximum Gasteiger partial charge on any atom is 0.161 e. The van der Waals surface area contributed by atoms with Crippen molar-refractivity contribution in [2.45, 2.75) is 19.6 Å². The van der Waals surface area contributed by atoms with E-state index in [2.05, 4.69) is 30.3 Å². The summed E-state index contributed by atoms with van der Waals surface area (Å²) < 4.78 is 10.9. The highest BCUT2D eigenvalue weighted by Crippen LogP contribution is 2.24. The first-order valence-electron chi connectivity index (χ1n) is 5.38. The molecule has 1 aliphatic rings. The largest absolute Gasteiger partial charge is 0.353 e. The van der Waals surface area contributed by atoms with Crippen molar-refractivity contribution < 1.29 is 9.47 Å². The molecule has 15 heavy (non-hydrogen) atoms. The average molecular weight is 204 g/mol. The van der Waals surface area contributed by atoms with E-state index in [1.54, 1.807) is 0 Å². The summed E-state index contributed by atoms with van der Waals surface area (Å²) in [5, 5.41) is 0. The number of benzene rings is 1. The standard InChI is InChI=1S/C13H16O2/c1-2-14-13-10-12(8-9-15-13)11-6-4-3-5-7-11/h3-8,13H,2,9-10H2,1H3. The molecule has 2 heteroatoms. The van der Waals surface area contributed by atoms with E-state index in [4.69, 9.17) is 9.47 Å². The van der Waals surface area contributed by atoms with E-state index >= 15 is 0 Å². The highest BCUT2D eigenvalue weighted by atomic mass is 16.7. The summed E-state index contributed by atoms with van der Waals surface area (Å²) in [6.07, 6.45) is 2.90. The molecule has 2 nitrogen and oxygen atoms in total. The Morgan fingerprint density at radius 2 is 2.13 bits per heavy atom. The molecule has 1 aromatic rings. The summed E-state index contributed by atoms with van der Waals surface area (Å²) in [6.45, 7) is 3.34. The van der Waals surface area contributed by atoms with Crippen LogP contribution >= 0.6 is 0 Å². The molecule has 0 fully saturated rings. The van der Waals surface area contributed by atoms with Crippen molar-refractivity contribution >= 4 is 5.57 Å². The van der Waals surface area contributed by atoms with E-state index in [0.717, 1.165) is 6.42 Å². The van der Waals surface area contributed by atoms with Gasteiger partial charge in [0.25, 0.3) is 0 Å². The Morgan fingerprint density at radius 1 is 1.33 bits per heavy atom. The number of hydrogen-bond donors (Lipinski definition) is 0. The fraction of sp³-hybridized carbons (Fsp3) is 0.385. The van der Waals surface area contributed by atoms with Crippen LogP contribution in [0.25, 0.3) is 5.57 Å². The molecule has 0 spiro atoms. The molecule has 1 heterocycles. The first-order chi connectivity index (χ1) is 7.40. The third-order valence-corrected chi connectivity index (χ3v) is 2.50. The van der Waals surface area contributed by atoms with Crippen molar-refractivity contribution in [2.75, 3.05) is 13.2 Å². The molecule has 0 aromatic heterocycles. The normalized spacial score (nSPS) is 21.1. The summed E-state index contributed by atoms with van der Waals surface area (Å²) in [6, 6.07) is 10.4. The van der Waals surface area contributed by atoms with Crippen molar-refractivity contribution in [1.29, 1.82) is 0 Å². The summed E-state index contributed by atoms with van der Waals surface area (Å²) in [4.78, 5) is 0. The molecule has 2 rings (SSSR count). The van der Waals surface area contributed by atoms with Gasteiger partial charge in [0.2, 0.25) is 0 Å². The summed E-state index contributed by atoms with van der Waals surface area (Å²) in [5.41, 5.74) is 2.59. The molecule has 0 saturated carbocycles. The van der Waals surface area contributed by atoms with Crippen LogP contribution in [0.5, 0.6) is 0 Å². The van der Waals surface area contributed by atoms with E-state index in [0.29, 0.717) is 13.2 Å². The lowest BCUT2D eigenvalue weighted by molar-refractivity contribution is -0.131. The van der Waals surface area contributed by atoms with E-state index in [9.17, 15) is 0 Å². The topological polar surface area (TPSA) is 18.5 Å². The SMILES string of the molecule is CCOC1CC(c2ccccc2)=CCO1. The highest BCUT2D eigenvalue weighted by molar-refractivity contribution is 5.66. The van der Waals surface area contributed by atoms with Crippen molar-refractivity contribution in [1.82, 2.24) is 0 Å². The Morgan fingerprint density at radius 3 is 2.87 bits per heavy atom. The second-order valence-electron chi connectivity index (χ2n) is 3.52. The zero-order valence-corrected chi connectivity index (χ0v) is 8.98. The Labute approximate surface area is 90.5 Å². The van der Waals surface area contributed by atoms with Crippen molar-refractivity contribution in [2.24, 2.45) is 0 Å². The maximum absolute atomic E-state index is 5.47. The zero-order chi connectivity index (χ0) is 10.5. The van der Waals surface area contributed by atoms with Crippen LogP contribution in [0.2, 0.25) is 0 Å². The average Bonchev–Trinajstić information content (AvgIpc) is 2.31. The van der Waals surface area contributed by atoms with Crippen molar-refractivity contribution in [3.63, 3.8) is 0 Å². The molecule has 0 bridgehead atoms. The number of rotatable bonds is 3. The fourth-order valence-electron chi connectivity index (χ4n) is 1.76. The van der Waals surface area contributed by atoms with E-state index in [1.165, 1.54) is 11.1 Å². The van der Waals surface area contributed by atoms with Gasteiger partial charge in [-0.3, -0.25) is 0 Å². The quantitative estimate of drug-likeness (QED) is 0.753. The molecule has 1 unspecified atom stereocenters. The lowest BCUT2D eigenvalue weighted by Gasteiger charge is -2.23. The van der Waals surface area contributed by atoms with Crippen LogP contribution in [-0.2, 0) is 9.47 Å². The molecule has 0 amide bonds. The van der Waals surface area contributed by atoms with Crippen LogP contribution < -0.4 is 0 Å². The molecule has 0 aliphatic carbocycles. The second-order valence-corrected chi connectivity index (χ2v) is 3.52. The van der Waals surface area contributed by atoms with E-state index in [1.807, 2.05) is 13.0 Å². The van der Waals surface area contributed by atoms with Gasteiger partial charge in [-0.1, -0.05) is 36.4 Å². The third kappa shape index (κ3) is 2.67. The third-order valence-electron chi connectivity index (χ3n) is 2.50. The van der Waals surface area contributed by atoms with Crippen LogP contribution in [0.3, 0.4) is 0 Å². The van der Waals surface area contributed by atoms with Crippen LogP contribution in [0.4, 0.5) is 0 Å². The second kappa shape index (κ2) is 5.10. The molecule has 1 aliphatic heterocycles. The van der Waals surface area contributed by atoms with Gasteiger partial charge in [-0.05, 0) is 18.1 Å². The molecule has 1 atom stereocenters. The summed E-state index contributed by atoms with van der Waals surface area (Å²) >= 11 is 0. The molecular weight excluding hydrogens is 188 g/mol. The number of hydrogen-bond acceptors (Lipinski definition) is 2. The Balaban J connectivity index is 2.07. The van der Waals surface area contributed by atoms with E-state index in [-0.39, 0.29) is 6.29 Å². The fourth-order valence-corrected chi connectivity index (χ4v) is 1.76. The lowest BCUT2D eigenvalue weighted by atomic mass is 10.0. The molecule has 80 valence electrons. The monoisotopic (exact) mass is 204 g/mol. The smallest absolute Gasteiger partial charge is 0.161 e. The minimum atomic E-state index is -0.0739. The van der Waals surface area contributed by atoms with Gasteiger partial charge in [0.05, 0.1) is 6.61 Å².